The van der Waals surface area contributed by atoms with Crippen molar-refractivity contribution in [2.45, 2.75) is 23.1 Å². The lowest BCUT2D eigenvalue weighted by Gasteiger charge is -2.03. The first-order valence-electron chi connectivity index (χ1n) is 6.65. The highest BCUT2D eigenvalue weighted by Gasteiger charge is 2.30. The summed E-state index contributed by atoms with van der Waals surface area (Å²) in [6.45, 7) is 0. The Bertz CT molecular complexity index is 843. The summed E-state index contributed by atoms with van der Waals surface area (Å²) in [5, 5.41) is 0. The first kappa shape index (κ1) is 13.0. The predicted octanol–water partition coefficient (Wildman–Crippen LogP) is 2.76. The first-order valence-corrected chi connectivity index (χ1v) is 9.03. The second-order valence-electron chi connectivity index (χ2n) is 5.01. The summed E-state index contributed by atoms with van der Waals surface area (Å²) in [4.78, 5) is 17.9. The molecule has 7 heteroatoms. The topological polar surface area (TPSA) is 68.6 Å². The highest BCUT2D eigenvalue weighted by Crippen LogP contribution is 2.43. The van der Waals surface area contributed by atoms with Crippen LogP contribution in [0.4, 0.5) is 0 Å². The van der Waals surface area contributed by atoms with Crippen molar-refractivity contribution in [2.24, 2.45) is 0 Å². The molecule has 1 aliphatic rings. The molecule has 1 fully saturated rings. The minimum absolute atomic E-state index is 0.483. The molecule has 0 N–H and O–H groups in total. The molecule has 0 aromatic carbocycles. The van der Waals surface area contributed by atoms with E-state index < -0.39 is 10.8 Å². The fraction of sp³-hybridized carbons (Fsp3) is 0.286. The van der Waals surface area contributed by atoms with Gasteiger partial charge in [-0.05, 0) is 25.0 Å². The van der Waals surface area contributed by atoms with Gasteiger partial charge in [-0.1, -0.05) is 6.07 Å². The Balaban J connectivity index is 1.95. The largest absolute Gasteiger partial charge is 0.253 e. The van der Waals surface area contributed by atoms with E-state index in [0.717, 1.165) is 28.9 Å². The van der Waals surface area contributed by atoms with E-state index in [2.05, 4.69) is 15.0 Å². The van der Waals surface area contributed by atoms with Crippen LogP contribution in [-0.2, 0) is 10.8 Å². The Morgan fingerprint density at radius 3 is 2.76 bits per heavy atom. The molecular formula is C14H12N4OS2. The van der Waals surface area contributed by atoms with Gasteiger partial charge in [-0.25, -0.2) is 15.0 Å². The lowest BCUT2D eigenvalue weighted by molar-refractivity contribution is 0.686. The molecule has 1 aliphatic carbocycles. The number of nitrogens with zero attached hydrogens (tertiary/aromatic N) is 4. The zero-order valence-electron chi connectivity index (χ0n) is 11.3. The normalized spacial score (nSPS) is 16.2. The van der Waals surface area contributed by atoms with Crippen molar-refractivity contribution in [3.63, 3.8) is 0 Å². The van der Waals surface area contributed by atoms with E-state index in [0.29, 0.717) is 21.7 Å². The quantitative estimate of drug-likeness (QED) is 0.743. The van der Waals surface area contributed by atoms with Crippen molar-refractivity contribution in [1.29, 1.82) is 0 Å². The highest BCUT2D eigenvalue weighted by molar-refractivity contribution is 7.86. The first-order chi connectivity index (χ1) is 10.2. The molecule has 0 spiro atoms. The van der Waals surface area contributed by atoms with Crippen molar-refractivity contribution >= 4 is 32.5 Å². The van der Waals surface area contributed by atoms with Gasteiger partial charge in [0.05, 0.1) is 21.2 Å². The van der Waals surface area contributed by atoms with Gasteiger partial charge in [-0.3, -0.25) is 9.19 Å². The fourth-order valence-electron chi connectivity index (χ4n) is 2.19. The van der Waals surface area contributed by atoms with Crippen molar-refractivity contribution in [2.75, 3.05) is 6.26 Å². The minimum atomic E-state index is -1.09. The third-order valence-electron chi connectivity index (χ3n) is 3.36. The molecule has 0 saturated heterocycles. The summed E-state index contributed by atoms with van der Waals surface area (Å²) in [6.07, 6.45) is 5.67. The van der Waals surface area contributed by atoms with Crippen molar-refractivity contribution in [3.8, 4) is 11.5 Å². The Labute approximate surface area is 128 Å². The zero-order chi connectivity index (χ0) is 14.4. The fourth-order valence-corrected chi connectivity index (χ4v) is 3.93. The third-order valence-corrected chi connectivity index (χ3v) is 5.76. The van der Waals surface area contributed by atoms with E-state index in [1.807, 2.05) is 18.2 Å². The van der Waals surface area contributed by atoms with E-state index in [-0.39, 0.29) is 0 Å². The number of fused-ring (bicyclic) bond motifs is 1. The van der Waals surface area contributed by atoms with Crippen LogP contribution < -0.4 is 0 Å². The molecule has 3 aromatic heterocycles. The molecule has 21 heavy (non-hydrogen) atoms. The van der Waals surface area contributed by atoms with Crippen LogP contribution in [-0.4, -0.2) is 30.4 Å². The molecule has 0 amide bonds. The summed E-state index contributed by atoms with van der Waals surface area (Å²) in [7, 11) is -1.09. The standard InChI is InChI=1S/C14H12N4OS2/c1-21(19)14-18-13-11(20-14)10(8-5-6-8)16-12(17-13)9-4-2-3-7-15-9/h2-4,7-8H,5-6H2,1H3. The van der Waals surface area contributed by atoms with Gasteiger partial charge in [0, 0.05) is 18.4 Å². The molecule has 0 bridgehead atoms. The van der Waals surface area contributed by atoms with E-state index >= 15 is 0 Å². The number of thiazole rings is 1. The van der Waals surface area contributed by atoms with Gasteiger partial charge in [0.15, 0.2) is 15.8 Å². The Morgan fingerprint density at radius 1 is 1.24 bits per heavy atom. The van der Waals surface area contributed by atoms with Crippen LogP contribution in [0, 0.1) is 0 Å². The molecule has 0 radical (unpaired) electrons. The van der Waals surface area contributed by atoms with Gasteiger partial charge in [-0.15, -0.1) is 11.3 Å². The summed E-state index contributed by atoms with van der Waals surface area (Å²) >= 11 is 1.45. The monoisotopic (exact) mass is 316 g/mol. The number of aromatic nitrogens is 4. The summed E-state index contributed by atoms with van der Waals surface area (Å²) in [6, 6.07) is 5.67. The molecule has 4 rings (SSSR count). The second-order valence-corrected chi connectivity index (χ2v) is 7.56. The predicted molar refractivity (Wildman–Crippen MR) is 82.7 cm³/mol. The third kappa shape index (κ3) is 2.36. The number of hydrogen-bond acceptors (Lipinski definition) is 6. The number of rotatable bonds is 3. The van der Waals surface area contributed by atoms with Gasteiger partial charge in [-0.2, -0.15) is 0 Å². The van der Waals surface area contributed by atoms with E-state index in [1.54, 1.807) is 12.5 Å². The van der Waals surface area contributed by atoms with Crippen LogP contribution in [0.2, 0.25) is 0 Å². The molecule has 1 saturated carbocycles. The zero-order valence-corrected chi connectivity index (χ0v) is 12.9. The molecule has 3 aromatic rings. The highest BCUT2D eigenvalue weighted by atomic mass is 32.2. The molecule has 106 valence electrons. The summed E-state index contributed by atoms with van der Waals surface area (Å²) in [5.41, 5.74) is 2.42. The number of pyridine rings is 1. The molecule has 1 unspecified atom stereocenters. The van der Waals surface area contributed by atoms with E-state index in [1.165, 1.54) is 11.3 Å². The molecule has 0 aliphatic heterocycles. The van der Waals surface area contributed by atoms with Crippen LogP contribution in [0.15, 0.2) is 28.7 Å². The van der Waals surface area contributed by atoms with E-state index in [9.17, 15) is 4.21 Å². The van der Waals surface area contributed by atoms with Crippen molar-refractivity contribution in [1.82, 2.24) is 19.9 Å². The Hall–Kier alpha value is -1.73. The second kappa shape index (κ2) is 4.92. The molecular weight excluding hydrogens is 304 g/mol. The van der Waals surface area contributed by atoms with Gasteiger partial charge < -0.3 is 0 Å². The lowest BCUT2D eigenvalue weighted by atomic mass is 10.2. The average molecular weight is 316 g/mol. The van der Waals surface area contributed by atoms with Gasteiger partial charge in [0.25, 0.3) is 0 Å². The SMILES string of the molecule is CS(=O)c1nc2nc(-c3ccccn3)nc(C3CC3)c2s1. The Kier molecular flexibility index (Phi) is 3.04. The van der Waals surface area contributed by atoms with Crippen molar-refractivity contribution < 1.29 is 4.21 Å². The Morgan fingerprint density at radius 2 is 2.10 bits per heavy atom. The van der Waals surface area contributed by atoms with Crippen LogP contribution >= 0.6 is 11.3 Å². The maximum absolute atomic E-state index is 11.7. The van der Waals surface area contributed by atoms with Crippen LogP contribution in [0.1, 0.15) is 24.5 Å². The summed E-state index contributed by atoms with van der Waals surface area (Å²) in [5.74, 6) is 1.08. The van der Waals surface area contributed by atoms with E-state index in [4.69, 9.17) is 4.98 Å². The maximum Gasteiger partial charge on any atom is 0.183 e. The van der Waals surface area contributed by atoms with Crippen LogP contribution in [0.5, 0.6) is 0 Å². The smallest absolute Gasteiger partial charge is 0.183 e. The molecule has 1 atom stereocenters. The average Bonchev–Trinajstić information content (AvgIpc) is 3.25. The molecule has 5 nitrogen and oxygen atoms in total. The van der Waals surface area contributed by atoms with Crippen LogP contribution in [0.25, 0.3) is 21.9 Å². The van der Waals surface area contributed by atoms with Gasteiger partial charge in [0.1, 0.15) is 5.69 Å². The lowest BCUT2D eigenvalue weighted by Crippen LogP contribution is -1.97. The molecule has 3 heterocycles. The van der Waals surface area contributed by atoms with Gasteiger partial charge >= 0.3 is 0 Å². The van der Waals surface area contributed by atoms with Crippen LogP contribution in [0.3, 0.4) is 0 Å². The maximum atomic E-state index is 11.7. The number of hydrogen-bond donors (Lipinski definition) is 0. The minimum Gasteiger partial charge on any atom is -0.253 e. The summed E-state index contributed by atoms with van der Waals surface area (Å²) < 4.78 is 13.3. The van der Waals surface area contributed by atoms with Crippen molar-refractivity contribution in [3.05, 3.63) is 30.1 Å². The van der Waals surface area contributed by atoms with Gasteiger partial charge in [0.2, 0.25) is 0 Å².